The summed E-state index contributed by atoms with van der Waals surface area (Å²) in [6, 6.07) is 0.978. The second kappa shape index (κ2) is 5.23. The van der Waals surface area contributed by atoms with Crippen molar-refractivity contribution < 1.29 is 25.2 Å². The largest absolute Gasteiger partial charge is 0.493 e. The molecular weight excluding hydrogens is 332 g/mol. The molecule has 2 aliphatic rings. The molecule has 10 heteroatoms. The number of nitrogens with zero attached hydrogens (tertiary/aromatic N) is 3. The van der Waals surface area contributed by atoms with E-state index in [4.69, 9.17) is 4.74 Å². The fourth-order valence-corrected chi connectivity index (χ4v) is 3.29. The monoisotopic (exact) mass is 348 g/mol. The zero-order valence-electron chi connectivity index (χ0n) is 13.1. The minimum Gasteiger partial charge on any atom is -0.493 e. The molecule has 0 spiro atoms. The second-order valence-electron chi connectivity index (χ2n) is 6.26. The maximum Gasteiger partial charge on any atom is 0.216 e. The first-order valence-corrected chi connectivity index (χ1v) is 7.59. The second-order valence-corrected chi connectivity index (χ2v) is 6.26. The highest BCUT2D eigenvalue weighted by Crippen LogP contribution is 2.44. The highest BCUT2D eigenvalue weighted by molar-refractivity contribution is 6.06. The molecule has 2 unspecified atom stereocenters. The summed E-state index contributed by atoms with van der Waals surface area (Å²) in [7, 11) is 0. The highest BCUT2D eigenvalue weighted by atomic mass is 16.6. The van der Waals surface area contributed by atoms with Crippen molar-refractivity contribution in [3.63, 3.8) is 0 Å². The number of aliphatic imine (C=N–C) groups is 1. The molecule has 132 valence electrons. The van der Waals surface area contributed by atoms with Crippen LogP contribution in [-0.4, -0.2) is 60.7 Å². The minimum absolute atomic E-state index is 0.212. The predicted molar refractivity (Wildman–Crippen MR) is 87.1 cm³/mol. The molecule has 0 bridgehead atoms. The smallest absolute Gasteiger partial charge is 0.216 e. The van der Waals surface area contributed by atoms with E-state index in [9.17, 15) is 25.2 Å². The first kappa shape index (κ1) is 16.0. The van der Waals surface area contributed by atoms with Gasteiger partial charge in [0.2, 0.25) is 5.88 Å². The molecule has 4 heterocycles. The molecule has 0 aromatic carbocycles. The first-order chi connectivity index (χ1) is 11.8. The van der Waals surface area contributed by atoms with Gasteiger partial charge in [0, 0.05) is 12.3 Å². The molecule has 2 aromatic heterocycles. The number of anilines is 1. The van der Waals surface area contributed by atoms with E-state index in [1.165, 1.54) is 24.0 Å². The fraction of sp³-hybridized carbons (Fsp3) is 0.400. The van der Waals surface area contributed by atoms with Crippen LogP contribution < -0.4 is 10.7 Å². The summed E-state index contributed by atoms with van der Waals surface area (Å²) in [5.41, 5.74) is -2.21. The summed E-state index contributed by atoms with van der Waals surface area (Å²) in [5, 5.41) is 43.2. The van der Waals surface area contributed by atoms with Crippen molar-refractivity contribution in [3.8, 4) is 5.88 Å². The van der Waals surface area contributed by atoms with E-state index in [1.54, 1.807) is 0 Å². The van der Waals surface area contributed by atoms with Gasteiger partial charge >= 0.3 is 0 Å². The fourth-order valence-electron chi connectivity index (χ4n) is 3.29. The van der Waals surface area contributed by atoms with Gasteiger partial charge in [0.05, 0.1) is 23.7 Å². The van der Waals surface area contributed by atoms with Crippen LogP contribution in [-0.2, 0) is 4.74 Å². The quantitative estimate of drug-likeness (QED) is 0.473. The molecule has 0 saturated carbocycles. The maximum atomic E-state index is 12.3. The molecule has 4 atom stereocenters. The number of ether oxygens (including phenoxy) is 1. The van der Waals surface area contributed by atoms with Gasteiger partial charge in [-0.15, -0.1) is 0 Å². The van der Waals surface area contributed by atoms with Crippen LogP contribution in [0.25, 0.3) is 10.8 Å². The number of aliphatic hydroxyl groups excluding tert-OH is 2. The van der Waals surface area contributed by atoms with Gasteiger partial charge in [-0.1, -0.05) is 0 Å². The average Bonchev–Trinajstić information content (AvgIpc) is 3.00. The van der Waals surface area contributed by atoms with Crippen molar-refractivity contribution in [3.05, 3.63) is 22.5 Å². The van der Waals surface area contributed by atoms with Crippen molar-refractivity contribution >= 4 is 28.7 Å². The Bertz CT molecular complexity index is 953. The number of hydrogen-bond acceptors (Lipinski definition) is 9. The average molecular weight is 348 g/mol. The summed E-state index contributed by atoms with van der Waals surface area (Å²) < 4.78 is 7.02. The zero-order chi connectivity index (χ0) is 17.9. The van der Waals surface area contributed by atoms with Gasteiger partial charge < -0.3 is 35.0 Å². The van der Waals surface area contributed by atoms with Crippen molar-refractivity contribution in [2.24, 2.45) is 4.99 Å². The van der Waals surface area contributed by atoms with E-state index >= 15 is 0 Å². The number of nitrogens with one attached hydrogen (secondary N) is 1. The molecule has 0 amide bonds. The third-order valence-electron chi connectivity index (χ3n) is 4.57. The van der Waals surface area contributed by atoms with Crippen molar-refractivity contribution in [1.29, 1.82) is 0 Å². The van der Waals surface area contributed by atoms with Gasteiger partial charge in [0.25, 0.3) is 0 Å². The molecule has 25 heavy (non-hydrogen) atoms. The van der Waals surface area contributed by atoms with E-state index in [-0.39, 0.29) is 17.0 Å². The van der Waals surface area contributed by atoms with Crippen molar-refractivity contribution in [1.82, 2.24) is 9.55 Å². The van der Waals surface area contributed by atoms with Crippen LogP contribution in [0.3, 0.4) is 0 Å². The predicted octanol–water partition coefficient (Wildman–Crippen LogP) is -0.811. The van der Waals surface area contributed by atoms with Crippen molar-refractivity contribution in [2.75, 3.05) is 11.9 Å². The molecule has 5 N–H and O–H groups in total. The third-order valence-corrected chi connectivity index (χ3v) is 4.57. The Morgan fingerprint density at radius 3 is 2.92 bits per heavy atom. The molecule has 10 nitrogen and oxygen atoms in total. The van der Waals surface area contributed by atoms with Crippen LogP contribution in [0.4, 0.5) is 11.6 Å². The van der Waals surface area contributed by atoms with Gasteiger partial charge in [-0.3, -0.25) is 4.79 Å². The molecule has 0 aliphatic carbocycles. The Morgan fingerprint density at radius 2 is 2.24 bits per heavy atom. The number of aromatic nitrogens is 2. The SMILES string of the molecule is CC1(O)C(n2cc3c(=O)cc(O)nc4c3c2N=CN4)O[C@H](CO)[C@H]1O. The van der Waals surface area contributed by atoms with E-state index in [0.29, 0.717) is 5.39 Å². The highest BCUT2D eigenvalue weighted by Gasteiger charge is 2.53. The Labute approximate surface area is 140 Å². The summed E-state index contributed by atoms with van der Waals surface area (Å²) >= 11 is 0. The molecule has 1 saturated heterocycles. The Kier molecular flexibility index (Phi) is 3.34. The Balaban J connectivity index is 1.98. The lowest BCUT2D eigenvalue weighted by atomic mass is 9.96. The molecule has 1 fully saturated rings. The summed E-state index contributed by atoms with van der Waals surface area (Å²) in [6.45, 7) is 0.903. The lowest BCUT2D eigenvalue weighted by Gasteiger charge is -2.28. The normalized spacial score (nSPS) is 30.6. The maximum absolute atomic E-state index is 12.3. The number of hydrogen-bond donors (Lipinski definition) is 5. The molecular formula is C15H16N4O6. The summed E-state index contributed by atoms with van der Waals surface area (Å²) in [6.07, 6.45) is -0.631. The van der Waals surface area contributed by atoms with Crippen LogP contribution in [0, 0.1) is 0 Å². The van der Waals surface area contributed by atoms with Gasteiger partial charge in [-0.2, -0.15) is 4.98 Å². The topological polar surface area (TPSA) is 149 Å². The summed E-state index contributed by atoms with van der Waals surface area (Å²) in [5.74, 6) is 0.0756. The number of aliphatic hydroxyl groups is 3. The van der Waals surface area contributed by atoms with Crippen LogP contribution in [0.1, 0.15) is 13.2 Å². The van der Waals surface area contributed by atoms with Crippen LogP contribution in [0.2, 0.25) is 0 Å². The van der Waals surface area contributed by atoms with E-state index in [1.807, 2.05) is 0 Å². The van der Waals surface area contributed by atoms with Crippen LogP contribution in [0.15, 0.2) is 22.1 Å². The van der Waals surface area contributed by atoms with Gasteiger partial charge in [0.1, 0.15) is 29.4 Å². The Morgan fingerprint density at radius 1 is 1.48 bits per heavy atom. The van der Waals surface area contributed by atoms with Crippen LogP contribution in [0.5, 0.6) is 5.88 Å². The third kappa shape index (κ3) is 2.15. The van der Waals surface area contributed by atoms with Crippen molar-refractivity contribution in [2.45, 2.75) is 31.0 Å². The van der Waals surface area contributed by atoms with E-state index in [2.05, 4.69) is 15.3 Å². The van der Waals surface area contributed by atoms with E-state index in [0.717, 1.165) is 6.07 Å². The summed E-state index contributed by atoms with van der Waals surface area (Å²) in [4.78, 5) is 20.4. The molecule has 2 aliphatic heterocycles. The number of rotatable bonds is 2. The van der Waals surface area contributed by atoms with E-state index < -0.39 is 42.0 Å². The lowest BCUT2D eigenvalue weighted by molar-refractivity contribution is -0.0955. The molecule has 4 rings (SSSR count). The zero-order valence-corrected chi connectivity index (χ0v) is 13.1. The van der Waals surface area contributed by atoms with Gasteiger partial charge in [0.15, 0.2) is 11.7 Å². The standard InChI is InChI=1S/C15H16N4O6/c1-15(24)11(23)8(4-20)25-14(15)19-3-6-7(21)2-9(22)18-12-10(6)13(19)17-5-16-12/h2-3,5,8,11,14,20,22-24H,4H2,1H3,(H,16,17,18)/t8-,11-,14?,15?/m1/s1. The number of aromatic hydroxyl groups is 1. The van der Waals surface area contributed by atoms with Gasteiger partial charge in [-0.05, 0) is 6.92 Å². The minimum atomic E-state index is -1.72. The molecule has 2 aromatic rings. The molecule has 0 radical (unpaired) electrons. The van der Waals surface area contributed by atoms with Gasteiger partial charge in [-0.25, -0.2) is 4.99 Å². The van der Waals surface area contributed by atoms with Crippen LogP contribution >= 0.6 is 0 Å². The Hall–Kier alpha value is -2.53. The first-order valence-electron chi connectivity index (χ1n) is 7.59. The lowest BCUT2D eigenvalue weighted by Crippen LogP contribution is -2.44.